The van der Waals surface area contributed by atoms with Crippen molar-refractivity contribution in [1.29, 1.82) is 0 Å². The van der Waals surface area contributed by atoms with E-state index in [1.165, 1.54) is 49.3 Å². The smallest absolute Gasteiger partial charge is 0.0640 e. The summed E-state index contributed by atoms with van der Waals surface area (Å²) in [7, 11) is 0. The molecule has 1 aromatic rings. The van der Waals surface area contributed by atoms with E-state index in [0.29, 0.717) is 12.1 Å². The van der Waals surface area contributed by atoms with Gasteiger partial charge in [-0.3, -0.25) is 4.68 Å². The van der Waals surface area contributed by atoms with Gasteiger partial charge in [0.2, 0.25) is 0 Å². The molecule has 4 heteroatoms. The Hall–Kier alpha value is -0.480. The van der Waals surface area contributed by atoms with Gasteiger partial charge < -0.3 is 5.32 Å². The predicted octanol–water partition coefficient (Wildman–Crippen LogP) is 3.66. The van der Waals surface area contributed by atoms with Crippen LogP contribution in [0.2, 0.25) is 0 Å². The minimum absolute atomic E-state index is 0.555. The number of rotatable bonds is 8. The molecule has 114 valence electrons. The van der Waals surface area contributed by atoms with Crippen molar-refractivity contribution in [2.45, 2.75) is 64.5 Å². The summed E-state index contributed by atoms with van der Waals surface area (Å²) in [6.07, 6.45) is 10.0. The van der Waals surface area contributed by atoms with Crippen LogP contribution in [0.15, 0.2) is 12.3 Å². The third kappa shape index (κ3) is 4.81. The standard InChI is InChI=1S/C16H29N3S/c1-3-17-15(13-20-4-2)12-14-10-11-19(18-14)16-8-6-5-7-9-16/h10-11,15-17H,3-9,12-13H2,1-2H3. The van der Waals surface area contributed by atoms with Crippen molar-refractivity contribution in [3.63, 3.8) is 0 Å². The molecule has 0 amide bonds. The van der Waals surface area contributed by atoms with E-state index in [9.17, 15) is 0 Å². The maximum absolute atomic E-state index is 4.83. The monoisotopic (exact) mass is 295 g/mol. The lowest BCUT2D eigenvalue weighted by atomic mass is 9.96. The summed E-state index contributed by atoms with van der Waals surface area (Å²) in [4.78, 5) is 0. The normalized spacial score (nSPS) is 18.3. The van der Waals surface area contributed by atoms with E-state index in [1.54, 1.807) is 0 Å². The number of hydrogen-bond donors (Lipinski definition) is 1. The summed E-state index contributed by atoms with van der Waals surface area (Å²) >= 11 is 2.01. The average Bonchev–Trinajstić information content (AvgIpc) is 2.94. The Morgan fingerprint density at radius 1 is 1.35 bits per heavy atom. The van der Waals surface area contributed by atoms with Gasteiger partial charge in [-0.2, -0.15) is 16.9 Å². The van der Waals surface area contributed by atoms with Crippen molar-refractivity contribution in [2.75, 3.05) is 18.1 Å². The molecule has 1 heterocycles. The van der Waals surface area contributed by atoms with Crippen LogP contribution in [-0.2, 0) is 6.42 Å². The first kappa shape index (κ1) is 15.9. The fraction of sp³-hybridized carbons (Fsp3) is 0.812. The van der Waals surface area contributed by atoms with E-state index in [-0.39, 0.29) is 0 Å². The van der Waals surface area contributed by atoms with E-state index in [4.69, 9.17) is 5.10 Å². The summed E-state index contributed by atoms with van der Waals surface area (Å²) in [6, 6.07) is 3.43. The minimum Gasteiger partial charge on any atom is -0.313 e. The van der Waals surface area contributed by atoms with Gasteiger partial charge in [0, 0.05) is 24.4 Å². The van der Waals surface area contributed by atoms with Crippen LogP contribution in [0.25, 0.3) is 0 Å². The van der Waals surface area contributed by atoms with Crippen LogP contribution < -0.4 is 5.32 Å². The zero-order chi connectivity index (χ0) is 14.2. The van der Waals surface area contributed by atoms with Crippen molar-refractivity contribution < 1.29 is 0 Å². The van der Waals surface area contributed by atoms with E-state index >= 15 is 0 Å². The molecule has 3 nitrogen and oxygen atoms in total. The first-order chi connectivity index (χ1) is 9.83. The Morgan fingerprint density at radius 3 is 2.85 bits per heavy atom. The van der Waals surface area contributed by atoms with Crippen LogP contribution >= 0.6 is 11.8 Å². The molecular weight excluding hydrogens is 266 g/mol. The molecule has 20 heavy (non-hydrogen) atoms. The zero-order valence-electron chi connectivity index (χ0n) is 13.0. The number of thioether (sulfide) groups is 1. The van der Waals surface area contributed by atoms with Gasteiger partial charge in [-0.25, -0.2) is 0 Å². The highest BCUT2D eigenvalue weighted by molar-refractivity contribution is 7.99. The third-order valence-electron chi connectivity index (χ3n) is 4.08. The second-order valence-electron chi connectivity index (χ2n) is 5.70. The maximum Gasteiger partial charge on any atom is 0.0640 e. The Labute approximate surface area is 127 Å². The van der Waals surface area contributed by atoms with Gasteiger partial charge in [0.15, 0.2) is 0 Å². The topological polar surface area (TPSA) is 29.9 Å². The maximum atomic E-state index is 4.83. The molecule has 1 N–H and O–H groups in total. The lowest BCUT2D eigenvalue weighted by molar-refractivity contribution is 0.327. The molecule has 0 aromatic carbocycles. The van der Waals surface area contributed by atoms with Crippen molar-refractivity contribution in [2.24, 2.45) is 0 Å². The molecule has 0 aliphatic heterocycles. The highest BCUT2D eigenvalue weighted by Crippen LogP contribution is 2.27. The second-order valence-corrected chi connectivity index (χ2v) is 7.02. The first-order valence-corrected chi connectivity index (χ1v) is 9.34. The fourth-order valence-electron chi connectivity index (χ4n) is 3.03. The lowest BCUT2D eigenvalue weighted by Gasteiger charge is -2.22. The van der Waals surface area contributed by atoms with Crippen LogP contribution in [0.5, 0.6) is 0 Å². The Bertz CT molecular complexity index is 372. The quantitative estimate of drug-likeness (QED) is 0.794. The number of nitrogens with zero attached hydrogens (tertiary/aromatic N) is 2. The van der Waals surface area contributed by atoms with Crippen molar-refractivity contribution in [3.05, 3.63) is 18.0 Å². The first-order valence-electron chi connectivity index (χ1n) is 8.18. The van der Waals surface area contributed by atoms with E-state index in [2.05, 4.69) is 36.1 Å². The van der Waals surface area contributed by atoms with Gasteiger partial charge >= 0.3 is 0 Å². The summed E-state index contributed by atoms with van der Waals surface area (Å²) in [5.74, 6) is 2.37. The summed E-state index contributed by atoms with van der Waals surface area (Å²) in [6.45, 7) is 5.45. The number of aromatic nitrogens is 2. The highest BCUT2D eigenvalue weighted by Gasteiger charge is 2.17. The van der Waals surface area contributed by atoms with Gasteiger partial charge in [-0.05, 0) is 31.2 Å². The van der Waals surface area contributed by atoms with Crippen molar-refractivity contribution in [3.8, 4) is 0 Å². The van der Waals surface area contributed by atoms with Crippen molar-refractivity contribution in [1.82, 2.24) is 15.1 Å². The highest BCUT2D eigenvalue weighted by atomic mass is 32.2. The number of hydrogen-bond acceptors (Lipinski definition) is 3. The SMILES string of the molecule is CCNC(CSCC)Cc1ccn(C2CCCCC2)n1. The molecule has 0 saturated heterocycles. The minimum atomic E-state index is 0.555. The fourth-order valence-corrected chi connectivity index (χ4v) is 3.78. The van der Waals surface area contributed by atoms with E-state index < -0.39 is 0 Å². The molecule has 1 atom stereocenters. The van der Waals surface area contributed by atoms with Gasteiger partial charge in [0.05, 0.1) is 11.7 Å². The molecule has 0 bridgehead atoms. The van der Waals surface area contributed by atoms with E-state index in [1.807, 2.05) is 11.8 Å². The average molecular weight is 295 g/mol. The molecular formula is C16H29N3S. The number of likely N-dealkylation sites (N-methyl/N-ethyl adjacent to an activating group) is 1. The summed E-state index contributed by atoms with van der Waals surface area (Å²) < 4.78 is 2.23. The van der Waals surface area contributed by atoms with Crippen LogP contribution in [0.3, 0.4) is 0 Å². The van der Waals surface area contributed by atoms with Crippen LogP contribution in [0.1, 0.15) is 57.7 Å². The van der Waals surface area contributed by atoms with Gasteiger partial charge in [0.1, 0.15) is 0 Å². The molecule has 1 aliphatic rings. The second kappa shape index (κ2) is 8.73. The predicted molar refractivity (Wildman–Crippen MR) is 88.5 cm³/mol. The van der Waals surface area contributed by atoms with Crippen LogP contribution in [0.4, 0.5) is 0 Å². The summed E-state index contributed by atoms with van der Waals surface area (Å²) in [5, 5.41) is 8.42. The zero-order valence-corrected chi connectivity index (χ0v) is 13.8. The van der Waals surface area contributed by atoms with Crippen LogP contribution in [-0.4, -0.2) is 33.9 Å². The molecule has 1 aliphatic carbocycles. The molecule has 0 spiro atoms. The Morgan fingerprint density at radius 2 is 2.15 bits per heavy atom. The lowest BCUT2D eigenvalue weighted by Crippen LogP contribution is -2.33. The van der Waals surface area contributed by atoms with Gasteiger partial charge in [0.25, 0.3) is 0 Å². The van der Waals surface area contributed by atoms with E-state index in [0.717, 1.165) is 13.0 Å². The molecule has 1 saturated carbocycles. The molecule has 1 unspecified atom stereocenters. The molecule has 1 fully saturated rings. The van der Waals surface area contributed by atoms with Gasteiger partial charge in [-0.1, -0.05) is 33.1 Å². The molecule has 1 aromatic heterocycles. The third-order valence-corrected chi connectivity index (χ3v) is 5.13. The molecule has 2 rings (SSSR count). The number of nitrogens with one attached hydrogen (secondary N) is 1. The van der Waals surface area contributed by atoms with Crippen molar-refractivity contribution >= 4 is 11.8 Å². The van der Waals surface area contributed by atoms with Crippen LogP contribution in [0, 0.1) is 0 Å². The van der Waals surface area contributed by atoms with Gasteiger partial charge in [-0.15, -0.1) is 0 Å². The largest absolute Gasteiger partial charge is 0.313 e. The molecule has 0 radical (unpaired) electrons. The summed E-state index contributed by atoms with van der Waals surface area (Å²) in [5.41, 5.74) is 1.25. The Kier molecular flexibility index (Phi) is 6.94. The Balaban J connectivity index is 1.89.